The number of rotatable bonds is 9. The Morgan fingerprint density at radius 2 is 2.00 bits per heavy atom. The maximum atomic E-state index is 11.7. The van der Waals surface area contributed by atoms with Gasteiger partial charge < -0.3 is 16.0 Å². The van der Waals surface area contributed by atoms with E-state index in [0.29, 0.717) is 5.92 Å². The molecule has 0 fully saturated rings. The average Bonchev–Trinajstić information content (AvgIpc) is 2.23. The molecule has 0 aromatic rings. The lowest BCUT2D eigenvalue weighted by Crippen LogP contribution is -2.44. The first-order valence-corrected chi connectivity index (χ1v) is 5.91. The van der Waals surface area contributed by atoms with Crippen molar-refractivity contribution in [3.05, 3.63) is 12.8 Å². The van der Waals surface area contributed by atoms with E-state index in [1.54, 1.807) is 13.2 Å². The third-order valence-corrected chi connectivity index (χ3v) is 2.41. The second-order valence-electron chi connectivity index (χ2n) is 4.26. The largest absolute Gasteiger partial charge is 0.391 e. The Hall–Kier alpha value is -1.03. The molecule has 3 N–H and O–H groups in total. The molecule has 0 radical (unpaired) electrons. The van der Waals surface area contributed by atoms with Gasteiger partial charge in [-0.1, -0.05) is 20.4 Å². The van der Waals surface area contributed by atoms with Gasteiger partial charge in [0.1, 0.15) is 0 Å². The van der Waals surface area contributed by atoms with E-state index in [4.69, 9.17) is 0 Å². The van der Waals surface area contributed by atoms with E-state index in [1.165, 1.54) is 0 Å². The zero-order chi connectivity index (χ0) is 12.4. The molecule has 0 saturated carbocycles. The van der Waals surface area contributed by atoms with E-state index < -0.39 is 0 Å². The summed E-state index contributed by atoms with van der Waals surface area (Å²) in [7, 11) is 1.81. The molecule has 0 heterocycles. The van der Waals surface area contributed by atoms with Gasteiger partial charge in [-0.2, -0.15) is 0 Å². The summed E-state index contributed by atoms with van der Waals surface area (Å²) in [5.74, 6) is 0.699. The Morgan fingerprint density at radius 1 is 1.31 bits per heavy atom. The number of amides is 1. The fourth-order valence-electron chi connectivity index (χ4n) is 1.34. The van der Waals surface area contributed by atoms with Crippen molar-refractivity contribution in [2.75, 3.05) is 20.1 Å². The molecule has 16 heavy (non-hydrogen) atoms. The molecule has 94 valence electrons. The molecule has 0 spiro atoms. The first kappa shape index (κ1) is 15.0. The van der Waals surface area contributed by atoms with Crippen LogP contribution in [0.3, 0.4) is 0 Å². The summed E-state index contributed by atoms with van der Waals surface area (Å²) in [6.45, 7) is 9.37. The molecule has 1 amide bonds. The van der Waals surface area contributed by atoms with Gasteiger partial charge in [-0.3, -0.25) is 4.79 Å². The summed E-state index contributed by atoms with van der Waals surface area (Å²) < 4.78 is 0. The van der Waals surface area contributed by atoms with Crippen LogP contribution in [0.5, 0.6) is 0 Å². The van der Waals surface area contributed by atoms with E-state index >= 15 is 0 Å². The molecule has 0 saturated heterocycles. The summed E-state index contributed by atoms with van der Waals surface area (Å²) in [5, 5.41) is 8.94. The summed E-state index contributed by atoms with van der Waals surface area (Å²) >= 11 is 0. The van der Waals surface area contributed by atoms with Crippen molar-refractivity contribution in [2.45, 2.75) is 32.7 Å². The number of likely N-dealkylation sites (N-methyl/N-ethyl adjacent to an activating group) is 1. The third kappa shape index (κ3) is 7.29. The van der Waals surface area contributed by atoms with Crippen LogP contribution in [0.25, 0.3) is 0 Å². The fourth-order valence-corrected chi connectivity index (χ4v) is 1.34. The predicted octanol–water partition coefficient (Wildman–Crippen LogP) is 0.860. The van der Waals surface area contributed by atoms with E-state index in [9.17, 15) is 4.79 Å². The van der Waals surface area contributed by atoms with Crippen molar-refractivity contribution < 1.29 is 4.79 Å². The van der Waals surface area contributed by atoms with Gasteiger partial charge in [-0.05, 0) is 32.0 Å². The lowest BCUT2D eigenvalue weighted by Gasteiger charge is -2.16. The van der Waals surface area contributed by atoms with Crippen LogP contribution in [0.4, 0.5) is 0 Å². The highest BCUT2D eigenvalue weighted by Gasteiger charge is 2.14. The van der Waals surface area contributed by atoms with Gasteiger partial charge in [0, 0.05) is 13.1 Å². The van der Waals surface area contributed by atoms with Crippen molar-refractivity contribution >= 4 is 5.91 Å². The van der Waals surface area contributed by atoms with Crippen LogP contribution < -0.4 is 16.0 Å². The van der Waals surface area contributed by atoms with Gasteiger partial charge in [0.2, 0.25) is 5.91 Å². The van der Waals surface area contributed by atoms with Crippen LogP contribution in [0.15, 0.2) is 12.8 Å². The molecule has 0 aliphatic carbocycles. The Bertz CT molecular complexity index is 204. The fraction of sp³-hybridized carbons (Fsp3) is 0.750. The average molecular weight is 227 g/mol. The van der Waals surface area contributed by atoms with Crippen molar-refractivity contribution in [3.8, 4) is 0 Å². The van der Waals surface area contributed by atoms with E-state index in [1.807, 2.05) is 0 Å². The number of hydrogen-bond acceptors (Lipinski definition) is 3. The number of hydrogen-bond donors (Lipinski definition) is 3. The summed E-state index contributed by atoms with van der Waals surface area (Å²) in [4.78, 5) is 11.7. The smallest absolute Gasteiger partial charge is 0.237 e. The molecule has 4 heteroatoms. The highest BCUT2D eigenvalue weighted by molar-refractivity contribution is 5.81. The topological polar surface area (TPSA) is 53.2 Å². The van der Waals surface area contributed by atoms with Gasteiger partial charge in [0.25, 0.3) is 0 Å². The normalized spacial score (nSPS) is 12.2. The molecule has 0 bridgehead atoms. The van der Waals surface area contributed by atoms with Crippen LogP contribution in [0.2, 0.25) is 0 Å². The molecule has 0 aliphatic heterocycles. The first-order chi connectivity index (χ1) is 7.61. The molecule has 0 aromatic heterocycles. The quantitative estimate of drug-likeness (QED) is 0.512. The van der Waals surface area contributed by atoms with Crippen LogP contribution in [-0.2, 0) is 4.79 Å². The Kier molecular flexibility index (Phi) is 8.62. The highest BCUT2D eigenvalue weighted by Crippen LogP contribution is 1.97. The Labute approximate surface area is 98.9 Å². The lowest BCUT2D eigenvalue weighted by atomic mass is 10.1. The monoisotopic (exact) mass is 227 g/mol. The van der Waals surface area contributed by atoms with Crippen LogP contribution in [0.1, 0.15) is 26.7 Å². The second kappa shape index (κ2) is 9.21. The number of nitrogens with one attached hydrogen (secondary N) is 3. The van der Waals surface area contributed by atoms with Crippen molar-refractivity contribution in [1.29, 1.82) is 0 Å². The SMILES string of the molecule is C=CNCCC(NC)C(=O)NCCC(C)C. The minimum absolute atomic E-state index is 0.0778. The molecule has 0 aliphatic rings. The van der Waals surface area contributed by atoms with Gasteiger partial charge in [0.05, 0.1) is 6.04 Å². The maximum Gasteiger partial charge on any atom is 0.237 e. The highest BCUT2D eigenvalue weighted by atomic mass is 16.2. The van der Waals surface area contributed by atoms with Crippen molar-refractivity contribution in [3.63, 3.8) is 0 Å². The molecule has 0 rings (SSSR count). The minimum Gasteiger partial charge on any atom is -0.391 e. The van der Waals surface area contributed by atoms with Gasteiger partial charge in [0.15, 0.2) is 0 Å². The number of carbonyl (C=O) groups excluding carboxylic acids is 1. The Morgan fingerprint density at radius 3 is 2.50 bits per heavy atom. The summed E-state index contributed by atoms with van der Waals surface area (Å²) in [6.07, 6.45) is 3.42. The minimum atomic E-state index is -0.125. The Balaban J connectivity index is 3.77. The van der Waals surface area contributed by atoms with Crippen LogP contribution in [0, 0.1) is 5.92 Å². The van der Waals surface area contributed by atoms with Crippen LogP contribution in [-0.4, -0.2) is 32.1 Å². The molecule has 0 aromatic carbocycles. The predicted molar refractivity (Wildman–Crippen MR) is 68.1 cm³/mol. The lowest BCUT2D eigenvalue weighted by molar-refractivity contribution is -0.123. The zero-order valence-corrected chi connectivity index (χ0v) is 10.7. The van der Waals surface area contributed by atoms with E-state index in [2.05, 4.69) is 36.4 Å². The second-order valence-corrected chi connectivity index (χ2v) is 4.26. The van der Waals surface area contributed by atoms with Gasteiger partial charge in [-0.25, -0.2) is 0 Å². The maximum absolute atomic E-state index is 11.7. The molecular weight excluding hydrogens is 202 g/mol. The zero-order valence-electron chi connectivity index (χ0n) is 10.7. The standard InChI is InChI=1S/C12H25N3O/c1-5-14-8-7-11(13-4)12(16)15-9-6-10(2)3/h5,10-11,13-14H,1,6-9H2,2-4H3,(H,15,16). The van der Waals surface area contributed by atoms with Gasteiger partial charge in [-0.15, -0.1) is 0 Å². The van der Waals surface area contributed by atoms with E-state index in [-0.39, 0.29) is 11.9 Å². The van der Waals surface area contributed by atoms with Gasteiger partial charge >= 0.3 is 0 Å². The van der Waals surface area contributed by atoms with Crippen molar-refractivity contribution in [1.82, 2.24) is 16.0 Å². The van der Waals surface area contributed by atoms with Crippen molar-refractivity contribution in [2.24, 2.45) is 5.92 Å². The van der Waals surface area contributed by atoms with Crippen LogP contribution >= 0.6 is 0 Å². The molecule has 4 nitrogen and oxygen atoms in total. The third-order valence-electron chi connectivity index (χ3n) is 2.41. The van der Waals surface area contributed by atoms with E-state index in [0.717, 1.165) is 25.9 Å². The molecular formula is C12H25N3O. The summed E-state index contributed by atoms with van der Waals surface area (Å²) in [5.41, 5.74) is 0. The number of carbonyl (C=O) groups is 1. The molecule has 1 atom stereocenters. The summed E-state index contributed by atoms with van der Waals surface area (Å²) in [6, 6.07) is -0.125. The first-order valence-electron chi connectivity index (χ1n) is 5.91. The molecule has 1 unspecified atom stereocenters.